The number of H-pyrrole nitrogens is 1. The van der Waals surface area contributed by atoms with E-state index in [1.165, 1.54) is 6.07 Å². The van der Waals surface area contributed by atoms with E-state index < -0.39 is 0 Å². The summed E-state index contributed by atoms with van der Waals surface area (Å²) in [7, 11) is 1.82. The second-order valence-electron chi connectivity index (χ2n) is 3.75. The monoisotopic (exact) mass is 219 g/mol. The number of benzene rings is 1. The van der Waals surface area contributed by atoms with E-state index in [4.69, 9.17) is 5.73 Å². The van der Waals surface area contributed by atoms with Crippen LogP contribution in [-0.4, -0.2) is 12.0 Å². The third-order valence-electron chi connectivity index (χ3n) is 2.48. The van der Waals surface area contributed by atoms with Crippen molar-refractivity contribution in [3.05, 3.63) is 48.0 Å². The van der Waals surface area contributed by atoms with Crippen LogP contribution in [-0.2, 0) is 6.54 Å². The minimum absolute atomic E-state index is 0.293. The van der Waals surface area contributed by atoms with Crippen molar-refractivity contribution in [1.29, 1.82) is 0 Å². The van der Waals surface area contributed by atoms with E-state index in [0.717, 1.165) is 5.56 Å². The summed E-state index contributed by atoms with van der Waals surface area (Å²) in [5, 5.41) is 0. The minimum atomic E-state index is -0.293. The van der Waals surface area contributed by atoms with Gasteiger partial charge in [0.25, 0.3) is 0 Å². The molecule has 0 aliphatic rings. The van der Waals surface area contributed by atoms with Gasteiger partial charge in [0.2, 0.25) is 0 Å². The summed E-state index contributed by atoms with van der Waals surface area (Å²) < 4.78 is 13.6. The lowest BCUT2D eigenvalue weighted by molar-refractivity contribution is 0.623. The van der Waals surface area contributed by atoms with Crippen molar-refractivity contribution in [2.45, 2.75) is 6.54 Å². The molecule has 0 unspecified atom stereocenters. The number of hydrogen-bond donors (Lipinski definition) is 2. The van der Waals surface area contributed by atoms with Crippen LogP contribution in [0.15, 0.2) is 36.7 Å². The van der Waals surface area contributed by atoms with Crippen molar-refractivity contribution in [1.82, 2.24) is 4.98 Å². The number of halogens is 1. The van der Waals surface area contributed by atoms with E-state index >= 15 is 0 Å². The van der Waals surface area contributed by atoms with Crippen LogP contribution in [0.25, 0.3) is 0 Å². The Balaban J connectivity index is 2.24. The number of anilines is 2. The predicted octanol–water partition coefficient (Wildman–Crippen LogP) is 2.37. The first-order valence-electron chi connectivity index (χ1n) is 5.05. The maximum atomic E-state index is 13.6. The topological polar surface area (TPSA) is 45.0 Å². The number of rotatable bonds is 3. The van der Waals surface area contributed by atoms with E-state index in [-0.39, 0.29) is 5.82 Å². The molecule has 2 aromatic rings. The molecule has 0 aliphatic heterocycles. The van der Waals surface area contributed by atoms with Gasteiger partial charge in [0.1, 0.15) is 5.82 Å². The van der Waals surface area contributed by atoms with Crippen LogP contribution in [0.1, 0.15) is 5.56 Å². The molecule has 4 heteroatoms. The fraction of sp³-hybridized carbons (Fsp3) is 0.167. The Labute approximate surface area is 93.7 Å². The van der Waals surface area contributed by atoms with Gasteiger partial charge in [-0.1, -0.05) is 6.07 Å². The number of nitrogens with two attached hydrogens (primary N) is 1. The van der Waals surface area contributed by atoms with Gasteiger partial charge in [-0.25, -0.2) is 4.39 Å². The maximum absolute atomic E-state index is 13.6. The summed E-state index contributed by atoms with van der Waals surface area (Å²) >= 11 is 0. The first kappa shape index (κ1) is 10.5. The van der Waals surface area contributed by atoms with Crippen molar-refractivity contribution >= 4 is 11.4 Å². The van der Waals surface area contributed by atoms with Gasteiger partial charge in [-0.3, -0.25) is 0 Å². The largest absolute Gasteiger partial charge is 0.397 e. The zero-order valence-corrected chi connectivity index (χ0v) is 9.07. The normalized spacial score (nSPS) is 10.4. The van der Waals surface area contributed by atoms with Crippen LogP contribution in [0.5, 0.6) is 0 Å². The second-order valence-corrected chi connectivity index (χ2v) is 3.75. The Morgan fingerprint density at radius 1 is 1.38 bits per heavy atom. The number of nitrogen functional groups attached to an aromatic ring is 1. The van der Waals surface area contributed by atoms with Crippen molar-refractivity contribution in [3.8, 4) is 0 Å². The van der Waals surface area contributed by atoms with Gasteiger partial charge >= 0.3 is 0 Å². The molecule has 1 aromatic heterocycles. The number of hydrogen-bond acceptors (Lipinski definition) is 2. The Hall–Kier alpha value is -1.97. The molecular formula is C12H14FN3. The van der Waals surface area contributed by atoms with E-state index in [0.29, 0.717) is 17.9 Å². The molecule has 0 spiro atoms. The molecule has 0 amide bonds. The van der Waals surface area contributed by atoms with Gasteiger partial charge in [0.05, 0.1) is 11.4 Å². The average molecular weight is 219 g/mol. The lowest BCUT2D eigenvalue weighted by Gasteiger charge is -2.21. The van der Waals surface area contributed by atoms with Gasteiger partial charge in [0, 0.05) is 26.0 Å². The number of aromatic amines is 1. The van der Waals surface area contributed by atoms with Crippen LogP contribution in [0.4, 0.5) is 15.8 Å². The van der Waals surface area contributed by atoms with Gasteiger partial charge < -0.3 is 15.6 Å². The van der Waals surface area contributed by atoms with Crippen molar-refractivity contribution < 1.29 is 4.39 Å². The molecule has 16 heavy (non-hydrogen) atoms. The molecule has 84 valence electrons. The molecule has 2 rings (SSSR count). The number of aromatic nitrogens is 1. The summed E-state index contributed by atoms with van der Waals surface area (Å²) in [4.78, 5) is 4.76. The molecule has 0 saturated carbocycles. The molecule has 3 nitrogen and oxygen atoms in total. The fourth-order valence-electron chi connectivity index (χ4n) is 1.74. The highest BCUT2D eigenvalue weighted by atomic mass is 19.1. The molecule has 0 aliphatic carbocycles. The molecular weight excluding hydrogens is 205 g/mol. The Kier molecular flexibility index (Phi) is 2.81. The first-order valence-corrected chi connectivity index (χ1v) is 5.05. The zero-order chi connectivity index (χ0) is 11.5. The smallest absolute Gasteiger partial charge is 0.148 e. The predicted molar refractivity (Wildman–Crippen MR) is 63.7 cm³/mol. The quantitative estimate of drug-likeness (QED) is 0.778. The number of para-hydroxylation sites is 1. The van der Waals surface area contributed by atoms with Crippen LogP contribution in [0.3, 0.4) is 0 Å². The Morgan fingerprint density at radius 2 is 2.19 bits per heavy atom. The highest BCUT2D eigenvalue weighted by molar-refractivity contribution is 5.67. The van der Waals surface area contributed by atoms with Crippen LogP contribution in [0.2, 0.25) is 0 Å². The van der Waals surface area contributed by atoms with Crippen LogP contribution < -0.4 is 10.6 Å². The lowest BCUT2D eigenvalue weighted by Crippen LogP contribution is -2.18. The molecule has 3 N–H and O–H groups in total. The lowest BCUT2D eigenvalue weighted by atomic mass is 10.2. The summed E-state index contributed by atoms with van der Waals surface area (Å²) in [6.07, 6.45) is 3.72. The van der Waals surface area contributed by atoms with Crippen LogP contribution in [0, 0.1) is 5.82 Å². The first-order chi connectivity index (χ1) is 7.68. The standard InChI is InChI=1S/C12H14FN3/c1-16(8-9-5-6-15-7-9)12-10(13)3-2-4-11(12)14/h2-7,15H,8,14H2,1H3. The van der Waals surface area contributed by atoms with Gasteiger partial charge in [-0.15, -0.1) is 0 Å². The Bertz CT molecular complexity index is 445. The van der Waals surface area contributed by atoms with Crippen molar-refractivity contribution in [2.24, 2.45) is 0 Å². The number of nitrogens with one attached hydrogen (secondary N) is 1. The average Bonchev–Trinajstić information content (AvgIpc) is 2.70. The van der Waals surface area contributed by atoms with Crippen LogP contribution >= 0.6 is 0 Å². The van der Waals surface area contributed by atoms with E-state index in [1.54, 1.807) is 17.0 Å². The molecule has 0 saturated heterocycles. The zero-order valence-electron chi connectivity index (χ0n) is 9.07. The third kappa shape index (κ3) is 2.00. The van der Waals surface area contributed by atoms with Crippen molar-refractivity contribution in [3.63, 3.8) is 0 Å². The summed E-state index contributed by atoms with van der Waals surface area (Å²) in [6, 6.07) is 6.68. The Morgan fingerprint density at radius 3 is 2.81 bits per heavy atom. The second kappa shape index (κ2) is 4.26. The SMILES string of the molecule is CN(Cc1cc[nH]c1)c1c(N)cccc1F. The third-order valence-corrected chi connectivity index (χ3v) is 2.48. The molecule has 0 radical (unpaired) electrons. The van der Waals surface area contributed by atoms with Crippen molar-refractivity contribution in [2.75, 3.05) is 17.7 Å². The molecule has 1 aromatic carbocycles. The van der Waals surface area contributed by atoms with E-state index in [1.807, 2.05) is 25.5 Å². The summed E-state index contributed by atoms with van der Waals surface area (Å²) in [5.74, 6) is -0.293. The molecule has 0 atom stereocenters. The summed E-state index contributed by atoms with van der Waals surface area (Å²) in [5.41, 5.74) is 7.75. The van der Waals surface area contributed by atoms with Gasteiger partial charge in [-0.2, -0.15) is 0 Å². The van der Waals surface area contributed by atoms with E-state index in [2.05, 4.69) is 4.98 Å². The highest BCUT2D eigenvalue weighted by Crippen LogP contribution is 2.26. The molecule has 0 bridgehead atoms. The fourth-order valence-corrected chi connectivity index (χ4v) is 1.74. The van der Waals surface area contributed by atoms with Gasteiger partial charge in [-0.05, 0) is 23.8 Å². The highest BCUT2D eigenvalue weighted by Gasteiger charge is 2.11. The maximum Gasteiger partial charge on any atom is 0.148 e. The molecule has 1 heterocycles. The van der Waals surface area contributed by atoms with Gasteiger partial charge in [0.15, 0.2) is 0 Å². The summed E-state index contributed by atoms with van der Waals surface area (Å²) in [6.45, 7) is 0.620. The van der Waals surface area contributed by atoms with E-state index in [9.17, 15) is 4.39 Å². The minimum Gasteiger partial charge on any atom is -0.397 e. The molecule has 0 fully saturated rings. The number of nitrogens with zero attached hydrogens (tertiary/aromatic N) is 1.